The average molecular weight is 642 g/mol. The van der Waals surface area contributed by atoms with Gasteiger partial charge < -0.3 is 9.88 Å². The molecule has 2 heterocycles. The van der Waals surface area contributed by atoms with E-state index in [1.54, 1.807) is 0 Å². The lowest BCUT2D eigenvalue weighted by molar-refractivity contribution is 0.625. The zero-order valence-electron chi connectivity index (χ0n) is 28.1. The van der Waals surface area contributed by atoms with Gasteiger partial charge in [0.05, 0.1) is 16.7 Å². The van der Waals surface area contributed by atoms with Gasteiger partial charge in [0.1, 0.15) is 0 Å². The van der Waals surface area contributed by atoms with E-state index in [0.717, 1.165) is 28.0 Å². The number of hydrogen-bond donors (Lipinski definition) is 1. The lowest BCUT2D eigenvalue weighted by Crippen LogP contribution is -2.25. The maximum atomic E-state index is 5.49. The standard InChI is InChI=1S/C47H35N3/c1-47(2)40-24-11-8-19-34(40)35-28-27-31(29-41(35)47)32-17-6-7-18-33(32)37-22-14-23-38-36-20-10-13-26-43(36)50(45(37)38)46-48-42-25-12-9-21-39(42)44(49-46)30-15-4-3-5-16-30/h3-29,46,48H,1-2H3. The summed E-state index contributed by atoms with van der Waals surface area (Å²) in [6.45, 7) is 4.71. The van der Waals surface area contributed by atoms with Crippen LogP contribution >= 0.6 is 0 Å². The van der Waals surface area contributed by atoms with Gasteiger partial charge in [-0.1, -0.05) is 159 Å². The van der Waals surface area contributed by atoms with Crippen molar-refractivity contribution in [3.63, 3.8) is 0 Å². The first-order chi connectivity index (χ1) is 24.6. The maximum absolute atomic E-state index is 5.49. The molecular weight excluding hydrogens is 607 g/mol. The third-order valence-corrected chi connectivity index (χ3v) is 10.9. The molecule has 1 unspecified atom stereocenters. The fourth-order valence-electron chi connectivity index (χ4n) is 8.49. The molecule has 50 heavy (non-hydrogen) atoms. The SMILES string of the molecule is CC1(C)c2ccccc2-c2ccc(-c3ccccc3-c3cccc4c5ccccc5n(C5N=C(c6ccccc6)c6ccccc6N5)c34)cc21. The number of rotatable bonds is 4. The topological polar surface area (TPSA) is 29.3 Å². The predicted octanol–water partition coefficient (Wildman–Crippen LogP) is 11.9. The molecule has 3 heteroatoms. The molecule has 0 spiro atoms. The molecule has 1 aliphatic heterocycles. The van der Waals surface area contributed by atoms with Crippen LogP contribution in [-0.2, 0) is 5.41 Å². The molecule has 8 aromatic rings. The minimum absolute atomic E-state index is 0.0687. The minimum Gasteiger partial charge on any atom is -0.346 e. The molecule has 0 amide bonds. The van der Waals surface area contributed by atoms with Gasteiger partial charge in [-0.2, -0.15) is 0 Å². The van der Waals surface area contributed by atoms with E-state index in [4.69, 9.17) is 4.99 Å². The van der Waals surface area contributed by atoms with Crippen LogP contribution in [0.3, 0.4) is 0 Å². The highest BCUT2D eigenvalue weighted by molar-refractivity contribution is 6.17. The van der Waals surface area contributed by atoms with Crippen molar-refractivity contribution in [1.29, 1.82) is 0 Å². The van der Waals surface area contributed by atoms with Crippen LogP contribution < -0.4 is 5.32 Å². The summed E-state index contributed by atoms with van der Waals surface area (Å²) < 4.78 is 2.41. The number of anilines is 1. The highest BCUT2D eigenvalue weighted by atomic mass is 15.3. The minimum atomic E-state index is -0.352. The van der Waals surface area contributed by atoms with Crippen molar-refractivity contribution in [3.05, 3.63) is 186 Å². The Balaban J connectivity index is 1.20. The number of fused-ring (bicyclic) bond motifs is 7. The molecule has 0 saturated carbocycles. The second-order valence-electron chi connectivity index (χ2n) is 14.0. The molecular formula is C47H35N3. The highest BCUT2D eigenvalue weighted by Crippen LogP contribution is 2.50. The summed E-state index contributed by atoms with van der Waals surface area (Å²) in [4.78, 5) is 5.49. The Morgan fingerprint density at radius 2 is 1.14 bits per heavy atom. The molecule has 1 atom stereocenters. The third-order valence-electron chi connectivity index (χ3n) is 10.9. The van der Waals surface area contributed by atoms with Crippen LogP contribution in [0.1, 0.15) is 42.4 Å². The van der Waals surface area contributed by atoms with Gasteiger partial charge in [-0.15, -0.1) is 0 Å². The Morgan fingerprint density at radius 3 is 2.00 bits per heavy atom. The molecule has 0 bridgehead atoms. The summed E-state index contributed by atoms with van der Waals surface area (Å²) in [5.41, 5.74) is 16.9. The fraction of sp³-hybridized carbons (Fsp3) is 0.0851. The van der Waals surface area contributed by atoms with E-state index in [1.807, 2.05) is 0 Å². The summed E-state index contributed by atoms with van der Waals surface area (Å²) in [5.74, 6) is 0. The van der Waals surface area contributed by atoms with E-state index >= 15 is 0 Å². The van der Waals surface area contributed by atoms with Crippen molar-refractivity contribution < 1.29 is 0 Å². The van der Waals surface area contributed by atoms with Crippen molar-refractivity contribution in [2.24, 2.45) is 4.99 Å². The number of nitrogens with zero attached hydrogens (tertiary/aromatic N) is 2. The number of hydrogen-bond acceptors (Lipinski definition) is 2. The van der Waals surface area contributed by atoms with Crippen LogP contribution in [0.25, 0.3) is 55.2 Å². The molecule has 1 aliphatic carbocycles. The van der Waals surface area contributed by atoms with E-state index < -0.39 is 0 Å². The van der Waals surface area contributed by atoms with Crippen LogP contribution in [-0.4, -0.2) is 10.3 Å². The monoisotopic (exact) mass is 641 g/mol. The molecule has 238 valence electrons. The van der Waals surface area contributed by atoms with Gasteiger partial charge in [-0.3, -0.25) is 0 Å². The van der Waals surface area contributed by atoms with E-state index in [9.17, 15) is 0 Å². The van der Waals surface area contributed by atoms with E-state index in [2.05, 4.69) is 188 Å². The number of benzene rings is 7. The van der Waals surface area contributed by atoms with Gasteiger partial charge in [0.25, 0.3) is 0 Å². The van der Waals surface area contributed by atoms with Crippen molar-refractivity contribution >= 4 is 33.2 Å². The number of nitrogens with one attached hydrogen (secondary N) is 1. The molecule has 2 aliphatic rings. The third kappa shape index (κ3) is 4.20. The van der Waals surface area contributed by atoms with E-state index in [0.29, 0.717) is 0 Å². The molecule has 3 nitrogen and oxygen atoms in total. The van der Waals surface area contributed by atoms with Gasteiger partial charge in [-0.05, 0) is 57.1 Å². The first-order valence-electron chi connectivity index (χ1n) is 17.4. The van der Waals surface area contributed by atoms with Gasteiger partial charge in [0.15, 0.2) is 0 Å². The van der Waals surface area contributed by atoms with Crippen molar-refractivity contribution in [3.8, 4) is 33.4 Å². The first-order valence-corrected chi connectivity index (χ1v) is 17.4. The van der Waals surface area contributed by atoms with Crippen molar-refractivity contribution in [2.45, 2.75) is 25.6 Å². The zero-order chi connectivity index (χ0) is 33.4. The summed E-state index contributed by atoms with van der Waals surface area (Å²) in [7, 11) is 0. The van der Waals surface area contributed by atoms with Crippen molar-refractivity contribution in [2.75, 3.05) is 5.32 Å². The van der Waals surface area contributed by atoms with Gasteiger partial charge >= 0.3 is 0 Å². The second kappa shape index (κ2) is 10.9. The number of para-hydroxylation sites is 3. The molecule has 0 radical (unpaired) electrons. The summed E-state index contributed by atoms with van der Waals surface area (Å²) in [6.07, 6.45) is -0.352. The lowest BCUT2D eigenvalue weighted by atomic mass is 9.81. The normalized spacial score (nSPS) is 15.6. The Labute approximate surface area is 292 Å². The van der Waals surface area contributed by atoms with E-state index in [1.165, 1.54) is 60.8 Å². The Kier molecular flexibility index (Phi) is 6.28. The highest BCUT2D eigenvalue weighted by Gasteiger charge is 2.35. The van der Waals surface area contributed by atoms with Crippen LogP contribution in [0.2, 0.25) is 0 Å². The second-order valence-corrected chi connectivity index (χ2v) is 14.0. The predicted molar refractivity (Wildman–Crippen MR) is 209 cm³/mol. The lowest BCUT2D eigenvalue weighted by Gasteiger charge is -2.28. The van der Waals surface area contributed by atoms with Crippen LogP contribution in [0.5, 0.6) is 0 Å². The molecule has 0 saturated heterocycles. The van der Waals surface area contributed by atoms with Crippen LogP contribution in [0.15, 0.2) is 169 Å². The van der Waals surface area contributed by atoms with Gasteiger partial charge in [-0.25, -0.2) is 4.99 Å². The molecule has 1 N–H and O–H groups in total. The van der Waals surface area contributed by atoms with E-state index in [-0.39, 0.29) is 11.7 Å². The Bertz CT molecular complexity index is 2660. The smallest absolute Gasteiger partial charge is 0.201 e. The average Bonchev–Trinajstić information content (AvgIpc) is 3.63. The van der Waals surface area contributed by atoms with Crippen LogP contribution in [0, 0.1) is 0 Å². The zero-order valence-corrected chi connectivity index (χ0v) is 28.1. The molecule has 1 aromatic heterocycles. The number of aliphatic imine (C=N–C) groups is 1. The summed E-state index contributed by atoms with van der Waals surface area (Å²) >= 11 is 0. The van der Waals surface area contributed by atoms with Gasteiger partial charge in [0, 0.05) is 38.6 Å². The van der Waals surface area contributed by atoms with Gasteiger partial charge in [0.2, 0.25) is 6.29 Å². The first kappa shape index (κ1) is 28.8. The Morgan fingerprint density at radius 1 is 0.500 bits per heavy atom. The fourth-order valence-corrected chi connectivity index (χ4v) is 8.49. The summed E-state index contributed by atoms with van der Waals surface area (Å²) in [6, 6.07) is 59.4. The molecule has 0 fully saturated rings. The summed E-state index contributed by atoms with van der Waals surface area (Å²) in [5, 5.41) is 6.27. The Hall–Kier alpha value is -6.19. The molecule has 7 aromatic carbocycles. The van der Waals surface area contributed by atoms with Crippen LogP contribution in [0.4, 0.5) is 5.69 Å². The molecule has 10 rings (SSSR count). The van der Waals surface area contributed by atoms with Crippen molar-refractivity contribution in [1.82, 2.24) is 4.57 Å². The number of aromatic nitrogens is 1. The quantitative estimate of drug-likeness (QED) is 0.204. The largest absolute Gasteiger partial charge is 0.346 e. The maximum Gasteiger partial charge on any atom is 0.201 e.